The van der Waals surface area contributed by atoms with Gasteiger partial charge in [-0.15, -0.1) is 0 Å². The molecule has 0 radical (unpaired) electrons. The molecule has 0 atom stereocenters. The first kappa shape index (κ1) is 10.7. The molecule has 1 amide bonds. The molecule has 2 heteroatoms. The molecule has 0 heterocycles. The zero-order chi connectivity index (χ0) is 10.7. The highest BCUT2D eigenvalue weighted by molar-refractivity contribution is 5.79. The van der Waals surface area contributed by atoms with Crippen molar-refractivity contribution in [2.45, 2.75) is 57.4 Å². The van der Waals surface area contributed by atoms with E-state index in [0.29, 0.717) is 17.9 Å². The number of rotatable bonds is 2. The number of allylic oxidation sites excluding steroid dienone is 1. The third-order valence-corrected chi connectivity index (χ3v) is 3.77. The summed E-state index contributed by atoms with van der Waals surface area (Å²) in [4.78, 5) is 11.9. The van der Waals surface area contributed by atoms with Gasteiger partial charge < -0.3 is 5.32 Å². The number of amides is 1. The largest absolute Gasteiger partial charge is 0.353 e. The van der Waals surface area contributed by atoms with Crippen LogP contribution in [0.2, 0.25) is 0 Å². The topological polar surface area (TPSA) is 29.1 Å². The maximum absolute atomic E-state index is 11.9. The number of nitrogens with one attached hydrogen (secondary N) is 1. The summed E-state index contributed by atoms with van der Waals surface area (Å²) in [5.41, 5.74) is 1.35. The number of carbonyl (C=O) groups is 1. The minimum Gasteiger partial charge on any atom is -0.353 e. The average molecular weight is 207 g/mol. The smallest absolute Gasteiger partial charge is 0.223 e. The fraction of sp³-hybridized carbons (Fsp3) is 0.769. The van der Waals surface area contributed by atoms with Gasteiger partial charge in [-0.05, 0) is 38.5 Å². The fourth-order valence-corrected chi connectivity index (χ4v) is 2.68. The van der Waals surface area contributed by atoms with Crippen molar-refractivity contribution in [3.05, 3.63) is 12.2 Å². The molecule has 2 aliphatic rings. The van der Waals surface area contributed by atoms with Crippen LogP contribution in [-0.2, 0) is 4.79 Å². The van der Waals surface area contributed by atoms with Crippen LogP contribution in [0.1, 0.15) is 51.4 Å². The van der Waals surface area contributed by atoms with E-state index in [1.165, 1.54) is 18.4 Å². The highest BCUT2D eigenvalue weighted by Crippen LogP contribution is 2.26. The van der Waals surface area contributed by atoms with Gasteiger partial charge in [0.15, 0.2) is 0 Å². The second kappa shape index (κ2) is 4.82. The van der Waals surface area contributed by atoms with Crippen molar-refractivity contribution >= 4 is 5.91 Å². The van der Waals surface area contributed by atoms with Crippen LogP contribution in [0, 0.1) is 5.92 Å². The lowest BCUT2D eigenvalue weighted by Gasteiger charge is -2.25. The molecular formula is C13H21NO. The van der Waals surface area contributed by atoms with Gasteiger partial charge in [0.2, 0.25) is 5.91 Å². The molecule has 15 heavy (non-hydrogen) atoms. The summed E-state index contributed by atoms with van der Waals surface area (Å²) in [6, 6.07) is 0.420. The third kappa shape index (κ3) is 2.83. The summed E-state index contributed by atoms with van der Waals surface area (Å²) in [7, 11) is 0. The first-order chi connectivity index (χ1) is 7.25. The zero-order valence-corrected chi connectivity index (χ0v) is 9.43. The van der Waals surface area contributed by atoms with Crippen LogP contribution < -0.4 is 5.32 Å². The summed E-state index contributed by atoms with van der Waals surface area (Å²) in [5, 5.41) is 3.20. The number of hydrogen-bond acceptors (Lipinski definition) is 1. The number of hydrogen-bond donors (Lipinski definition) is 1. The predicted molar refractivity (Wildman–Crippen MR) is 61.5 cm³/mol. The lowest BCUT2D eigenvalue weighted by molar-refractivity contribution is -0.125. The molecule has 0 aliphatic heterocycles. The molecule has 84 valence electrons. The Labute approximate surface area is 92.1 Å². The molecular weight excluding hydrogens is 186 g/mol. The van der Waals surface area contributed by atoms with Crippen molar-refractivity contribution in [3.63, 3.8) is 0 Å². The van der Waals surface area contributed by atoms with Crippen molar-refractivity contribution in [1.29, 1.82) is 0 Å². The molecule has 2 fully saturated rings. The van der Waals surface area contributed by atoms with Gasteiger partial charge in [-0.3, -0.25) is 4.79 Å². The van der Waals surface area contributed by atoms with Gasteiger partial charge in [-0.2, -0.15) is 0 Å². The lowest BCUT2D eigenvalue weighted by atomic mass is 9.91. The Bertz CT molecular complexity index is 243. The Morgan fingerprint density at radius 1 is 1.13 bits per heavy atom. The van der Waals surface area contributed by atoms with Crippen LogP contribution in [0.5, 0.6) is 0 Å². The fourth-order valence-electron chi connectivity index (χ4n) is 2.68. The second-order valence-electron chi connectivity index (χ2n) is 5.01. The molecule has 0 aromatic rings. The molecule has 0 bridgehead atoms. The monoisotopic (exact) mass is 207 g/mol. The summed E-state index contributed by atoms with van der Waals surface area (Å²) >= 11 is 0. The van der Waals surface area contributed by atoms with Gasteiger partial charge in [-0.25, -0.2) is 0 Å². The highest BCUT2D eigenvalue weighted by atomic mass is 16.1. The van der Waals surface area contributed by atoms with Crippen LogP contribution >= 0.6 is 0 Å². The van der Waals surface area contributed by atoms with E-state index in [4.69, 9.17) is 0 Å². The highest BCUT2D eigenvalue weighted by Gasteiger charge is 2.25. The van der Waals surface area contributed by atoms with E-state index >= 15 is 0 Å². The Morgan fingerprint density at radius 2 is 1.73 bits per heavy atom. The van der Waals surface area contributed by atoms with E-state index < -0.39 is 0 Å². The molecule has 0 aromatic carbocycles. The van der Waals surface area contributed by atoms with E-state index in [0.717, 1.165) is 38.5 Å². The van der Waals surface area contributed by atoms with Gasteiger partial charge >= 0.3 is 0 Å². The Hall–Kier alpha value is -0.790. The molecule has 2 rings (SSSR count). The Morgan fingerprint density at radius 3 is 2.33 bits per heavy atom. The first-order valence-electron chi connectivity index (χ1n) is 6.23. The van der Waals surface area contributed by atoms with Gasteiger partial charge in [0.05, 0.1) is 0 Å². The van der Waals surface area contributed by atoms with Crippen LogP contribution in [-0.4, -0.2) is 11.9 Å². The molecule has 0 unspecified atom stereocenters. The van der Waals surface area contributed by atoms with E-state index in [2.05, 4.69) is 11.9 Å². The van der Waals surface area contributed by atoms with Crippen molar-refractivity contribution in [2.75, 3.05) is 0 Å². The van der Waals surface area contributed by atoms with Gasteiger partial charge in [0, 0.05) is 12.0 Å². The van der Waals surface area contributed by atoms with Gasteiger partial charge in [0.25, 0.3) is 0 Å². The summed E-state index contributed by atoms with van der Waals surface area (Å²) < 4.78 is 0. The van der Waals surface area contributed by atoms with Crippen LogP contribution in [0.25, 0.3) is 0 Å². The van der Waals surface area contributed by atoms with Crippen LogP contribution in [0.4, 0.5) is 0 Å². The van der Waals surface area contributed by atoms with Crippen LogP contribution in [0.3, 0.4) is 0 Å². The number of carbonyl (C=O) groups excluding carboxylic acids is 1. The summed E-state index contributed by atoms with van der Waals surface area (Å²) in [5.74, 6) is 0.625. The molecule has 0 saturated heterocycles. The maximum atomic E-state index is 11.9. The third-order valence-electron chi connectivity index (χ3n) is 3.77. The Kier molecular flexibility index (Phi) is 3.45. The molecule has 1 N–H and O–H groups in total. The standard InChI is InChI=1S/C13H21NO/c1-10-6-8-12(9-7-10)14-13(15)11-4-2-3-5-11/h11-12H,1-9H2,(H,14,15). The zero-order valence-electron chi connectivity index (χ0n) is 9.43. The van der Waals surface area contributed by atoms with E-state index in [-0.39, 0.29) is 0 Å². The molecule has 2 aliphatic carbocycles. The molecule has 2 saturated carbocycles. The molecule has 0 aromatic heterocycles. The van der Waals surface area contributed by atoms with Crippen molar-refractivity contribution in [1.82, 2.24) is 5.32 Å². The van der Waals surface area contributed by atoms with E-state index in [9.17, 15) is 4.79 Å². The van der Waals surface area contributed by atoms with Crippen molar-refractivity contribution in [3.8, 4) is 0 Å². The van der Waals surface area contributed by atoms with Gasteiger partial charge in [0.1, 0.15) is 0 Å². The summed E-state index contributed by atoms with van der Waals surface area (Å²) in [6.07, 6.45) is 9.05. The SMILES string of the molecule is C=C1CCC(NC(=O)C2CCCC2)CC1. The van der Waals surface area contributed by atoms with Crippen molar-refractivity contribution in [2.24, 2.45) is 5.92 Å². The van der Waals surface area contributed by atoms with E-state index in [1.807, 2.05) is 0 Å². The normalized spacial score (nSPS) is 24.4. The minimum atomic E-state index is 0.310. The lowest BCUT2D eigenvalue weighted by Crippen LogP contribution is -2.39. The van der Waals surface area contributed by atoms with Gasteiger partial charge in [-0.1, -0.05) is 25.0 Å². The molecule has 2 nitrogen and oxygen atoms in total. The maximum Gasteiger partial charge on any atom is 0.223 e. The predicted octanol–water partition coefficient (Wildman–Crippen LogP) is 2.79. The Balaban J connectivity index is 1.76. The quantitative estimate of drug-likeness (QED) is 0.693. The van der Waals surface area contributed by atoms with Crippen molar-refractivity contribution < 1.29 is 4.79 Å². The van der Waals surface area contributed by atoms with E-state index in [1.54, 1.807) is 0 Å². The minimum absolute atomic E-state index is 0.310. The summed E-state index contributed by atoms with van der Waals surface area (Å²) in [6.45, 7) is 3.99. The first-order valence-corrected chi connectivity index (χ1v) is 6.23. The van der Waals surface area contributed by atoms with Crippen LogP contribution in [0.15, 0.2) is 12.2 Å². The average Bonchev–Trinajstić information content (AvgIpc) is 2.74. The molecule has 0 spiro atoms. The second-order valence-corrected chi connectivity index (χ2v) is 5.01.